The van der Waals surface area contributed by atoms with E-state index in [1.54, 1.807) is 18.4 Å². The number of rotatable bonds is 5. The Hall–Kier alpha value is -1.66. The van der Waals surface area contributed by atoms with Crippen LogP contribution in [0.4, 0.5) is 0 Å². The first-order valence-corrected chi connectivity index (χ1v) is 6.54. The highest BCUT2D eigenvalue weighted by Crippen LogP contribution is 2.29. The molecule has 0 atom stereocenters. The zero-order valence-electron chi connectivity index (χ0n) is 10.6. The first kappa shape index (κ1) is 12.4. The summed E-state index contributed by atoms with van der Waals surface area (Å²) in [7, 11) is 0. The van der Waals surface area contributed by atoms with E-state index in [1.807, 2.05) is 0 Å². The van der Waals surface area contributed by atoms with Crippen LogP contribution in [0.3, 0.4) is 0 Å². The van der Waals surface area contributed by atoms with Crippen molar-refractivity contribution in [2.45, 2.75) is 37.8 Å². The quantitative estimate of drug-likeness (QED) is 0.854. The van der Waals surface area contributed by atoms with Gasteiger partial charge in [0, 0.05) is 5.54 Å². The van der Waals surface area contributed by atoms with E-state index >= 15 is 0 Å². The van der Waals surface area contributed by atoms with Gasteiger partial charge in [-0.2, -0.15) is 4.98 Å². The molecule has 0 aromatic carbocycles. The molecule has 0 unspecified atom stereocenters. The molecule has 1 saturated carbocycles. The van der Waals surface area contributed by atoms with E-state index < -0.39 is 0 Å². The highest BCUT2D eigenvalue weighted by molar-refractivity contribution is 5.44. The fraction of sp³-hybridized carbons (Fsp3) is 0.538. The van der Waals surface area contributed by atoms with Crippen molar-refractivity contribution in [1.29, 1.82) is 0 Å². The Labute approximate surface area is 110 Å². The molecule has 1 aliphatic rings. The molecule has 0 amide bonds. The maximum absolute atomic E-state index is 9.51. The smallest absolute Gasteiger partial charge is 0.241 e. The predicted octanol–water partition coefficient (Wildman–Crippen LogP) is 1.72. The molecule has 6 heteroatoms. The van der Waals surface area contributed by atoms with Crippen LogP contribution in [0.2, 0.25) is 0 Å². The molecule has 0 spiro atoms. The molecular formula is C13H17N3O3. The van der Waals surface area contributed by atoms with E-state index in [9.17, 15) is 5.11 Å². The molecule has 6 nitrogen and oxygen atoms in total. The Kier molecular flexibility index (Phi) is 3.35. The van der Waals surface area contributed by atoms with Crippen molar-refractivity contribution < 1.29 is 14.0 Å². The summed E-state index contributed by atoms with van der Waals surface area (Å²) in [5.41, 5.74) is -0.181. The third kappa shape index (κ3) is 2.54. The van der Waals surface area contributed by atoms with Crippen LogP contribution in [-0.4, -0.2) is 27.4 Å². The van der Waals surface area contributed by atoms with E-state index in [0.29, 0.717) is 24.0 Å². The lowest BCUT2D eigenvalue weighted by atomic mass is 9.99. The van der Waals surface area contributed by atoms with Crippen molar-refractivity contribution in [3.63, 3.8) is 0 Å². The van der Waals surface area contributed by atoms with E-state index in [0.717, 1.165) is 25.7 Å². The summed E-state index contributed by atoms with van der Waals surface area (Å²) in [5, 5.41) is 16.7. The van der Waals surface area contributed by atoms with Crippen LogP contribution in [0.15, 0.2) is 27.3 Å². The fourth-order valence-electron chi connectivity index (χ4n) is 2.54. The number of nitrogens with one attached hydrogen (secondary N) is 1. The number of aliphatic hydroxyl groups excluding tert-OH is 1. The molecule has 2 heterocycles. The average Bonchev–Trinajstić information content (AvgIpc) is 3.17. The molecule has 1 aliphatic carbocycles. The summed E-state index contributed by atoms with van der Waals surface area (Å²) >= 11 is 0. The lowest BCUT2D eigenvalue weighted by Crippen LogP contribution is -2.45. The second-order valence-corrected chi connectivity index (χ2v) is 4.99. The minimum atomic E-state index is -0.181. The van der Waals surface area contributed by atoms with Gasteiger partial charge in [-0.1, -0.05) is 18.0 Å². The van der Waals surface area contributed by atoms with Crippen molar-refractivity contribution in [3.8, 4) is 11.6 Å². The van der Waals surface area contributed by atoms with Gasteiger partial charge in [-0.3, -0.25) is 0 Å². The van der Waals surface area contributed by atoms with Crippen LogP contribution in [0.1, 0.15) is 31.6 Å². The first-order valence-electron chi connectivity index (χ1n) is 6.54. The van der Waals surface area contributed by atoms with Gasteiger partial charge in [-0.15, -0.1) is 0 Å². The van der Waals surface area contributed by atoms with Gasteiger partial charge in [0.1, 0.15) is 0 Å². The van der Waals surface area contributed by atoms with Gasteiger partial charge in [-0.25, -0.2) is 0 Å². The van der Waals surface area contributed by atoms with E-state index in [-0.39, 0.29) is 12.1 Å². The SMILES string of the molecule is OCC1(NCc2nc(-c3ccco3)no2)CCCC1. The molecule has 19 heavy (non-hydrogen) atoms. The number of hydrogen-bond acceptors (Lipinski definition) is 6. The number of aromatic nitrogens is 2. The Morgan fingerprint density at radius 1 is 1.37 bits per heavy atom. The van der Waals surface area contributed by atoms with Crippen LogP contribution in [0.5, 0.6) is 0 Å². The first-order chi connectivity index (χ1) is 9.31. The molecule has 2 aromatic heterocycles. The maximum Gasteiger partial charge on any atom is 0.241 e. The molecule has 3 rings (SSSR count). The van der Waals surface area contributed by atoms with Gasteiger partial charge < -0.3 is 19.4 Å². The average molecular weight is 263 g/mol. The van der Waals surface area contributed by atoms with Crippen molar-refractivity contribution in [2.24, 2.45) is 0 Å². The summed E-state index contributed by atoms with van der Waals surface area (Å²) in [5.74, 6) is 1.55. The molecule has 2 N–H and O–H groups in total. The third-order valence-corrected chi connectivity index (χ3v) is 3.69. The van der Waals surface area contributed by atoms with E-state index in [1.165, 1.54) is 0 Å². The summed E-state index contributed by atoms with van der Waals surface area (Å²) in [6, 6.07) is 3.57. The van der Waals surface area contributed by atoms with Crippen LogP contribution >= 0.6 is 0 Å². The predicted molar refractivity (Wildman–Crippen MR) is 67.1 cm³/mol. The van der Waals surface area contributed by atoms with Gasteiger partial charge in [0.25, 0.3) is 0 Å². The van der Waals surface area contributed by atoms with Crippen LogP contribution in [-0.2, 0) is 6.54 Å². The zero-order valence-corrected chi connectivity index (χ0v) is 10.6. The maximum atomic E-state index is 9.51. The second kappa shape index (κ2) is 5.14. The Morgan fingerprint density at radius 2 is 2.21 bits per heavy atom. The molecule has 0 bridgehead atoms. The van der Waals surface area contributed by atoms with Crippen LogP contribution < -0.4 is 5.32 Å². The minimum absolute atomic E-state index is 0.145. The molecule has 0 saturated heterocycles. The minimum Gasteiger partial charge on any atom is -0.461 e. The summed E-state index contributed by atoms with van der Waals surface area (Å²) in [4.78, 5) is 4.26. The Bertz CT molecular complexity index is 515. The highest BCUT2D eigenvalue weighted by Gasteiger charge is 2.32. The van der Waals surface area contributed by atoms with Gasteiger partial charge in [-0.05, 0) is 25.0 Å². The molecule has 1 fully saturated rings. The van der Waals surface area contributed by atoms with Gasteiger partial charge in [0.2, 0.25) is 11.7 Å². The monoisotopic (exact) mass is 263 g/mol. The van der Waals surface area contributed by atoms with Crippen LogP contribution in [0, 0.1) is 0 Å². The molecule has 0 aliphatic heterocycles. The largest absolute Gasteiger partial charge is 0.461 e. The topological polar surface area (TPSA) is 84.3 Å². The van der Waals surface area contributed by atoms with E-state index in [2.05, 4.69) is 15.5 Å². The van der Waals surface area contributed by atoms with Gasteiger partial charge in [0.05, 0.1) is 19.4 Å². The Morgan fingerprint density at radius 3 is 2.89 bits per heavy atom. The molecule has 2 aromatic rings. The third-order valence-electron chi connectivity index (χ3n) is 3.69. The number of furan rings is 1. The molecule has 102 valence electrons. The van der Waals surface area contributed by atoms with Crippen molar-refractivity contribution in [1.82, 2.24) is 15.5 Å². The lowest BCUT2D eigenvalue weighted by Gasteiger charge is -2.27. The summed E-state index contributed by atoms with van der Waals surface area (Å²) in [6.07, 6.45) is 5.85. The Balaban J connectivity index is 1.64. The number of nitrogens with zero attached hydrogens (tertiary/aromatic N) is 2. The van der Waals surface area contributed by atoms with Crippen molar-refractivity contribution in [2.75, 3.05) is 6.61 Å². The second-order valence-electron chi connectivity index (χ2n) is 4.99. The van der Waals surface area contributed by atoms with Crippen molar-refractivity contribution in [3.05, 3.63) is 24.3 Å². The number of hydrogen-bond donors (Lipinski definition) is 2. The fourth-order valence-corrected chi connectivity index (χ4v) is 2.54. The van der Waals surface area contributed by atoms with Crippen LogP contribution in [0.25, 0.3) is 11.6 Å². The zero-order chi connectivity index (χ0) is 13.1. The highest BCUT2D eigenvalue weighted by atomic mass is 16.5. The standard InChI is InChI=1S/C13H17N3O3/c17-9-13(5-1-2-6-13)14-8-11-15-12(16-19-11)10-4-3-7-18-10/h3-4,7,14,17H,1-2,5-6,8-9H2. The lowest BCUT2D eigenvalue weighted by molar-refractivity contribution is 0.158. The normalized spacial score (nSPS) is 17.9. The van der Waals surface area contributed by atoms with Gasteiger partial charge >= 0.3 is 0 Å². The summed E-state index contributed by atoms with van der Waals surface area (Å²) in [6.45, 7) is 0.612. The van der Waals surface area contributed by atoms with Gasteiger partial charge in [0.15, 0.2) is 5.76 Å². The molecular weight excluding hydrogens is 246 g/mol. The summed E-state index contributed by atoms with van der Waals surface area (Å²) < 4.78 is 10.4. The van der Waals surface area contributed by atoms with E-state index in [4.69, 9.17) is 8.94 Å². The van der Waals surface area contributed by atoms with Crippen molar-refractivity contribution >= 4 is 0 Å². The number of aliphatic hydroxyl groups is 1. The molecule has 0 radical (unpaired) electrons.